The zero-order valence-electron chi connectivity index (χ0n) is 14.3. The van der Waals surface area contributed by atoms with E-state index in [2.05, 4.69) is 30.2 Å². The van der Waals surface area contributed by atoms with E-state index in [0.717, 1.165) is 25.8 Å². The third kappa shape index (κ3) is 3.62. The van der Waals surface area contributed by atoms with E-state index in [4.69, 9.17) is 4.52 Å². The molecule has 2 N–H and O–H groups in total. The van der Waals surface area contributed by atoms with Crippen LogP contribution in [0.3, 0.4) is 0 Å². The molecule has 1 atom stereocenters. The predicted octanol–water partition coefficient (Wildman–Crippen LogP) is 1.78. The van der Waals surface area contributed by atoms with E-state index in [-0.39, 0.29) is 17.4 Å². The minimum atomic E-state index is -0.457. The Labute approximate surface area is 152 Å². The molecular formula is C16H17N7O4. The van der Waals surface area contributed by atoms with E-state index in [1.165, 1.54) is 12.1 Å². The van der Waals surface area contributed by atoms with E-state index in [1.54, 1.807) is 12.1 Å². The van der Waals surface area contributed by atoms with Gasteiger partial charge in [-0.2, -0.15) is 10.1 Å². The highest BCUT2D eigenvalue weighted by atomic mass is 16.6. The number of nitrogens with one attached hydrogen (secondary N) is 2. The van der Waals surface area contributed by atoms with Gasteiger partial charge in [0.2, 0.25) is 11.7 Å². The molecule has 0 radical (unpaired) electrons. The third-order valence-corrected chi connectivity index (χ3v) is 4.59. The molecule has 0 unspecified atom stereocenters. The van der Waals surface area contributed by atoms with Crippen molar-refractivity contribution in [3.8, 4) is 11.4 Å². The molecule has 0 spiro atoms. The molecule has 0 amide bonds. The first-order chi connectivity index (χ1) is 13.1. The van der Waals surface area contributed by atoms with Crippen LogP contribution in [0.25, 0.3) is 11.4 Å². The number of benzene rings is 1. The fourth-order valence-corrected chi connectivity index (χ4v) is 3.27. The van der Waals surface area contributed by atoms with Crippen LogP contribution in [0.4, 0.5) is 5.69 Å². The van der Waals surface area contributed by atoms with Crippen molar-refractivity contribution in [2.24, 2.45) is 0 Å². The zero-order chi connectivity index (χ0) is 18.8. The SMILES string of the molecule is O=c1[nH]nc([C@H]2CCCCN2Cc2nc(-c3ccc([N+](=O)[O-])cc3)no2)[nH]1. The maximum atomic E-state index is 11.3. The lowest BCUT2D eigenvalue weighted by molar-refractivity contribution is -0.384. The van der Waals surface area contributed by atoms with Gasteiger partial charge in [-0.15, -0.1) is 0 Å². The lowest BCUT2D eigenvalue weighted by Crippen LogP contribution is -2.33. The van der Waals surface area contributed by atoms with E-state index in [0.29, 0.717) is 29.6 Å². The number of aromatic nitrogens is 5. The van der Waals surface area contributed by atoms with E-state index >= 15 is 0 Å². The second kappa shape index (κ2) is 7.11. The summed E-state index contributed by atoms with van der Waals surface area (Å²) < 4.78 is 5.35. The average molecular weight is 371 g/mol. The first kappa shape index (κ1) is 17.1. The molecule has 1 aliphatic heterocycles. The number of aromatic amines is 2. The van der Waals surface area contributed by atoms with Gasteiger partial charge in [-0.25, -0.2) is 9.89 Å². The summed E-state index contributed by atoms with van der Waals surface area (Å²) in [6, 6.07) is 5.96. The third-order valence-electron chi connectivity index (χ3n) is 4.59. The van der Waals surface area contributed by atoms with Crippen molar-refractivity contribution in [1.82, 2.24) is 30.2 Å². The Morgan fingerprint density at radius 2 is 2.11 bits per heavy atom. The molecule has 2 aromatic heterocycles. The predicted molar refractivity (Wildman–Crippen MR) is 92.6 cm³/mol. The van der Waals surface area contributed by atoms with E-state index in [9.17, 15) is 14.9 Å². The number of likely N-dealkylation sites (tertiary alicyclic amines) is 1. The standard InChI is InChI=1S/C16H17N7O4/c24-16-18-15(19-20-16)12-3-1-2-8-22(12)9-13-17-14(21-27-13)10-4-6-11(7-5-10)23(25)26/h4-7,12H,1-3,8-9H2,(H2,18,19,20,24)/t12-/m1/s1. The number of hydrogen-bond acceptors (Lipinski definition) is 8. The number of piperidine rings is 1. The van der Waals surface area contributed by atoms with E-state index in [1.807, 2.05) is 0 Å². The highest BCUT2D eigenvalue weighted by Crippen LogP contribution is 2.29. The maximum Gasteiger partial charge on any atom is 0.340 e. The Morgan fingerprint density at radius 1 is 1.30 bits per heavy atom. The topological polar surface area (TPSA) is 147 Å². The summed E-state index contributed by atoms with van der Waals surface area (Å²) in [6.07, 6.45) is 2.96. The fraction of sp³-hybridized carbons (Fsp3) is 0.375. The normalized spacial score (nSPS) is 17.9. The van der Waals surface area contributed by atoms with Crippen LogP contribution in [0, 0.1) is 10.1 Å². The van der Waals surface area contributed by atoms with Crippen LogP contribution >= 0.6 is 0 Å². The van der Waals surface area contributed by atoms with Gasteiger partial charge < -0.3 is 4.52 Å². The highest BCUT2D eigenvalue weighted by Gasteiger charge is 2.28. The van der Waals surface area contributed by atoms with Gasteiger partial charge in [0.1, 0.15) is 5.82 Å². The summed E-state index contributed by atoms with van der Waals surface area (Å²) in [4.78, 5) is 30.9. The summed E-state index contributed by atoms with van der Waals surface area (Å²) in [6.45, 7) is 1.26. The van der Waals surface area contributed by atoms with Crippen LogP contribution in [-0.4, -0.2) is 41.7 Å². The summed E-state index contributed by atoms with van der Waals surface area (Å²) >= 11 is 0. The zero-order valence-corrected chi connectivity index (χ0v) is 14.3. The summed E-state index contributed by atoms with van der Waals surface area (Å²) in [5, 5.41) is 21.2. The lowest BCUT2D eigenvalue weighted by atomic mass is 10.0. The molecule has 27 heavy (non-hydrogen) atoms. The van der Waals surface area contributed by atoms with Crippen LogP contribution in [0.5, 0.6) is 0 Å². The number of nitrogens with zero attached hydrogens (tertiary/aromatic N) is 5. The van der Waals surface area contributed by atoms with Crippen molar-refractivity contribution in [3.63, 3.8) is 0 Å². The van der Waals surface area contributed by atoms with Crippen molar-refractivity contribution in [1.29, 1.82) is 0 Å². The van der Waals surface area contributed by atoms with Gasteiger partial charge >= 0.3 is 5.69 Å². The number of rotatable bonds is 5. The van der Waals surface area contributed by atoms with Crippen LogP contribution in [0.1, 0.15) is 37.0 Å². The second-order valence-electron chi connectivity index (χ2n) is 6.36. The first-order valence-corrected chi connectivity index (χ1v) is 8.56. The van der Waals surface area contributed by atoms with Crippen molar-refractivity contribution in [2.75, 3.05) is 6.54 Å². The molecule has 1 fully saturated rings. The van der Waals surface area contributed by atoms with Crippen molar-refractivity contribution < 1.29 is 9.45 Å². The number of hydrogen-bond donors (Lipinski definition) is 2. The van der Waals surface area contributed by atoms with Crippen LogP contribution < -0.4 is 5.69 Å². The molecule has 140 valence electrons. The first-order valence-electron chi connectivity index (χ1n) is 8.56. The molecule has 4 rings (SSSR count). The van der Waals surface area contributed by atoms with Crippen LogP contribution in [-0.2, 0) is 6.54 Å². The molecule has 1 aromatic carbocycles. The Morgan fingerprint density at radius 3 is 2.81 bits per heavy atom. The fourth-order valence-electron chi connectivity index (χ4n) is 3.27. The Kier molecular flexibility index (Phi) is 4.50. The van der Waals surface area contributed by atoms with E-state index < -0.39 is 4.92 Å². The largest absolute Gasteiger partial charge is 0.340 e. The molecular weight excluding hydrogens is 354 g/mol. The quantitative estimate of drug-likeness (QED) is 0.509. The molecule has 11 heteroatoms. The smallest absolute Gasteiger partial charge is 0.338 e. The maximum absolute atomic E-state index is 11.3. The average Bonchev–Trinajstić information content (AvgIpc) is 3.31. The minimum absolute atomic E-state index is 0.00613. The van der Waals surface area contributed by atoms with Crippen molar-refractivity contribution in [2.45, 2.75) is 31.8 Å². The van der Waals surface area contributed by atoms with Gasteiger partial charge in [0, 0.05) is 17.7 Å². The minimum Gasteiger partial charge on any atom is -0.338 e. The Hall–Kier alpha value is -3.34. The molecule has 1 saturated heterocycles. The molecule has 0 aliphatic carbocycles. The molecule has 3 heterocycles. The summed E-state index contributed by atoms with van der Waals surface area (Å²) in [5.41, 5.74) is 0.322. The van der Waals surface area contributed by atoms with Gasteiger partial charge in [-0.3, -0.25) is 20.0 Å². The summed E-state index contributed by atoms with van der Waals surface area (Å²) in [5.74, 6) is 1.42. The molecule has 11 nitrogen and oxygen atoms in total. The van der Waals surface area contributed by atoms with Crippen molar-refractivity contribution in [3.05, 3.63) is 56.6 Å². The Balaban J connectivity index is 1.50. The number of nitro groups is 1. The second-order valence-corrected chi connectivity index (χ2v) is 6.36. The molecule has 0 bridgehead atoms. The lowest BCUT2D eigenvalue weighted by Gasteiger charge is -2.32. The van der Waals surface area contributed by atoms with Crippen LogP contribution in [0.15, 0.2) is 33.6 Å². The van der Waals surface area contributed by atoms with Crippen LogP contribution in [0.2, 0.25) is 0 Å². The molecule has 1 aliphatic rings. The monoisotopic (exact) mass is 371 g/mol. The van der Waals surface area contributed by atoms with Crippen molar-refractivity contribution >= 4 is 5.69 Å². The van der Waals surface area contributed by atoms with Gasteiger partial charge in [-0.05, 0) is 31.5 Å². The van der Waals surface area contributed by atoms with Gasteiger partial charge in [0.15, 0.2) is 0 Å². The van der Waals surface area contributed by atoms with Gasteiger partial charge in [0.25, 0.3) is 5.69 Å². The number of H-pyrrole nitrogens is 2. The Bertz CT molecular complexity index is 991. The number of nitro benzene ring substituents is 1. The molecule has 0 saturated carbocycles. The highest BCUT2D eigenvalue weighted by molar-refractivity contribution is 5.56. The van der Waals surface area contributed by atoms with Gasteiger partial charge in [0.05, 0.1) is 17.5 Å². The molecule has 3 aromatic rings. The number of non-ortho nitro benzene ring substituents is 1. The van der Waals surface area contributed by atoms with Gasteiger partial charge in [-0.1, -0.05) is 11.6 Å². The summed E-state index contributed by atoms with van der Waals surface area (Å²) in [7, 11) is 0.